The molecule has 5 nitrogen and oxygen atoms in total. The van der Waals surface area contributed by atoms with Crippen LogP contribution in [0.1, 0.15) is 39.7 Å². The van der Waals surface area contributed by atoms with Crippen molar-refractivity contribution >= 4 is 44.7 Å². The number of anilines is 1. The monoisotopic (exact) mass is 402 g/mol. The van der Waals surface area contributed by atoms with Crippen LogP contribution >= 0.6 is 22.9 Å². The third-order valence-electron chi connectivity index (χ3n) is 5.11. The molecular formula is C20H19ClN2O3S. The number of fused-ring (bicyclic) bond motifs is 3. The molecule has 1 amide bonds. The summed E-state index contributed by atoms with van der Waals surface area (Å²) in [5.41, 5.74) is 1.51. The number of thiophene rings is 1. The molecular weight excluding hydrogens is 384 g/mol. The van der Waals surface area contributed by atoms with Crippen molar-refractivity contribution in [2.24, 2.45) is 5.92 Å². The SMILES string of the molecule is Cc1ccc(Cl)cc1NC(=O)c1c(O)c2c3c(sc2[nH]c1=O)C[C@@H](C)CC3. The van der Waals surface area contributed by atoms with Gasteiger partial charge in [-0.25, -0.2) is 0 Å². The molecule has 0 saturated heterocycles. The van der Waals surface area contributed by atoms with Gasteiger partial charge in [-0.15, -0.1) is 11.3 Å². The van der Waals surface area contributed by atoms with Crippen LogP contribution in [0, 0.1) is 12.8 Å². The molecule has 7 heteroatoms. The Morgan fingerprint density at radius 2 is 2.19 bits per heavy atom. The minimum absolute atomic E-state index is 0.238. The normalized spacial score (nSPS) is 16.3. The molecule has 2 aromatic heterocycles. The maximum Gasteiger partial charge on any atom is 0.265 e. The smallest absolute Gasteiger partial charge is 0.265 e. The van der Waals surface area contributed by atoms with Gasteiger partial charge >= 0.3 is 0 Å². The van der Waals surface area contributed by atoms with E-state index in [9.17, 15) is 14.7 Å². The highest BCUT2D eigenvalue weighted by Crippen LogP contribution is 2.41. The molecule has 140 valence electrons. The van der Waals surface area contributed by atoms with Crippen LogP contribution in [0.2, 0.25) is 5.02 Å². The summed E-state index contributed by atoms with van der Waals surface area (Å²) in [5.74, 6) is -0.309. The maximum atomic E-state index is 12.8. The summed E-state index contributed by atoms with van der Waals surface area (Å²) in [4.78, 5) is 29.9. The van der Waals surface area contributed by atoms with Gasteiger partial charge in [0.25, 0.3) is 11.5 Å². The van der Waals surface area contributed by atoms with Gasteiger partial charge in [-0.05, 0) is 55.4 Å². The van der Waals surface area contributed by atoms with E-state index in [-0.39, 0.29) is 11.3 Å². The highest BCUT2D eigenvalue weighted by molar-refractivity contribution is 7.18. The van der Waals surface area contributed by atoms with E-state index in [0.29, 0.717) is 26.8 Å². The second-order valence-corrected chi connectivity index (χ2v) is 8.69. The van der Waals surface area contributed by atoms with Gasteiger partial charge in [0.1, 0.15) is 16.1 Å². The Bertz CT molecular complexity index is 1130. The predicted octanol–water partition coefficient (Wildman–Crippen LogP) is 4.63. The number of carbonyl (C=O) groups is 1. The van der Waals surface area contributed by atoms with E-state index in [4.69, 9.17) is 11.6 Å². The molecule has 1 atom stereocenters. The molecule has 0 fully saturated rings. The number of benzene rings is 1. The molecule has 3 aromatic rings. The first-order chi connectivity index (χ1) is 12.8. The van der Waals surface area contributed by atoms with Gasteiger partial charge in [0.2, 0.25) is 0 Å². The minimum Gasteiger partial charge on any atom is -0.506 e. The lowest BCUT2D eigenvalue weighted by molar-refractivity contribution is 0.102. The molecule has 4 rings (SSSR count). The zero-order valence-electron chi connectivity index (χ0n) is 15.0. The van der Waals surface area contributed by atoms with E-state index in [1.807, 2.05) is 6.92 Å². The molecule has 3 N–H and O–H groups in total. The van der Waals surface area contributed by atoms with Crippen molar-refractivity contribution in [3.05, 3.63) is 55.1 Å². The number of pyridine rings is 1. The van der Waals surface area contributed by atoms with Crippen molar-refractivity contribution in [3.8, 4) is 5.75 Å². The van der Waals surface area contributed by atoms with Gasteiger partial charge in [-0.1, -0.05) is 24.6 Å². The number of nitrogens with one attached hydrogen (secondary N) is 2. The van der Waals surface area contributed by atoms with Crippen LogP contribution in [-0.2, 0) is 12.8 Å². The molecule has 1 aliphatic rings. The summed E-state index contributed by atoms with van der Waals surface area (Å²) in [6.07, 6.45) is 2.80. The third-order valence-corrected chi connectivity index (χ3v) is 6.52. The molecule has 27 heavy (non-hydrogen) atoms. The number of rotatable bonds is 2. The van der Waals surface area contributed by atoms with Crippen molar-refractivity contribution in [1.82, 2.24) is 4.98 Å². The predicted molar refractivity (Wildman–Crippen MR) is 109 cm³/mol. The largest absolute Gasteiger partial charge is 0.506 e. The fraction of sp³-hybridized carbons (Fsp3) is 0.300. The Hall–Kier alpha value is -2.31. The zero-order chi connectivity index (χ0) is 19.3. The molecule has 0 saturated carbocycles. The summed E-state index contributed by atoms with van der Waals surface area (Å²) >= 11 is 7.49. The van der Waals surface area contributed by atoms with E-state index >= 15 is 0 Å². The van der Waals surface area contributed by atoms with Crippen LogP contribution in [0.15, 0.2) is 23.0 Å². The van der Waals surface area contributed by atoms with Gasteiger partial charge in [-0.3, -0.25) is 9.59 Å². The topological polar surface area (TPSA) is 82.2 Å². The third kappa shape index (κ3) is 3.13. The van der Waals surface area contributed by atoms with Crippen LogP contribution in [-0.4, -0.2) is 16.0 Å². The zero-order valence-corrected chi connectivity index (χ0v) is 16.6. The van der Waals surface area contributed by atoms with Gasteiger partial charge in [0, 0.05) is 15.6 Å². The first kappa shape index (κ1) is 18.1. The summed E-state index contributed by atoms with van der Waals surface area (Å²) in [6.45, 7) is 4.03. The highest BCUT2D eigenvalue weighted by atomic mass is 35.5. The van der Waals surface area contributed by atoms with E-state index in [2.05, 4.69) is 17.2 Å². The number of carbonyl (C=O) groups excluding carboxylic acids is 1. The van der Waals surface area contributed by atoms with Gasteiger partial charge in [0.15, 0.2) is 0 Å². The first-order valence-corrected chi connectivity index (χ1v) is 10.0. The molecule has 0 spiro atoms. The van der Waals surface area contributed by atoms with Gasteiger partial charge < -0.3 is 15.4 Å². The van der Waals surface area contributed by atoms with Gasteiger partial charge in [0.05, 0.1) is 5.39 Å². The van der Waals surface area contributed by atoms with E-state index in [1.165, 1.54) is 16.2 Å². The Morgan fingerprint density at radius 1 is 1.41 bits per heavy atom. The van der Waals surface area contributed by atoms with E-state index < -0.39 is 11.5 Å². The Labute approximate surface area is 165 Å². The summed E-state index contributed by atoms with van der Waals surface area (Å²) in [7, 11) is 0. The first-order valence-electron chi connectivity index (χ1n) is 8.82. The van der Waals surface area contributed by atoms with Crippen molar-refractivity contribution < 1.29 is 9.90 Å². The van der Waals surface area contributed by atoms with Crippen molar-refractivity contribution in [2.75, 3.05) is 5.32 Å². The molecule has 0 unspecified atom stereocenters. The quantitative estimate of drug-likeness (QED) is 0.584. The number of aromatic hydroxyl groups is 1. The number of H-pyrrole nitrogens is 1. The minimum atomic E-state index is -0.648. The number of aromatic nitrogens is 1. The number of aryl methyl sites for hydroxylation is 2. The van der Waals surface area contributed by atoms with Crippen LogP contribution in [0.25, 0.3) is 10.2 Å². The molecule has 1 aromatic carbocycles. The number of hydrogen-bond donors (Lipinski definition) is 3. The van der Waals surface area contributed by atoms with Crippen LogP contribution in [0.4, 0.5) is 5.69 Å². The Kier molecular flexibility index (Phi) is 4.48. The number of aromatic amines is 1. The molecule has 0 aliphatic heterocycles. The Morgan fingerprint density at radius 3 is 2.96 bits per heavy atom. The molecule has 0 radical (unpaired) electrons. The number of amides is 1. The molecule has 0 bridgehead atoms. The second kappa shape index (κ2) is 6.69. The average Bonchev–Trinajstić information content (AvgIpc) is 2.95. The number of hydrogen-bond acceptors (Lipinski definition) is 4. The van der Waals surface area contributed by atoms with E-state index in [0.717, 1.165) is 30.4 Å². The number of halogens is 1. The summed E-state index contributed by atoms with van der Waals surface area (Å²) in [6, 6.07) is 5.12. The lowest BCUT2D eigenvalue weighted by Crippen LogP contribution is -2.23. The fourth-order valence-electron chi connectivity index (χ4n) is 3.61. The van der Waals surface area contributed by atoms with Gasteiger partial charge in [-0.2, -0.15) is 0 Å². The van der Waals surface area contributed by atoms with Crippen molar-refractivity contribution in [2.45, 2.75) is 33.1 Å². The van der Waals surface area contributed by atoms with Crippen molar-refractivity contribution in [3.63, 3.8) is 0 Å². The summed E-state index contributed by atoms with van der Waals surface area (Å²) in [5, 5.41) is 14.6. The lowest BCUT2D eigenvalue weighted by atomic mass is 9.89. The molecule has 2 heterocycles. The maximum absolute atomic E-state index is 12.8. The summed E-state index contributed by atoms with van der Waals surface area (Å²) < 4.78 is 0. The fourth-order valence-corrected chi connectivity index (χ4v) is 5.19. The van der Waals surface area contributed by atoms with E-state index in [1.54, 1.807) is 18.2 Å². The van der Waals surface area contributed by atoms with Crippen LogP contribution in [0.3, 0.4) is 0 Å². The Balaban J connectivity index is 1.81. The van der Waals surface area contributed by atoms with Crippen LogP contribution < -0.4 is 10.9 Å². The van der Waals surface area contributed by atoms with Crippen molar-refractivity contribution in [1.29, 1.82) is 0 Å². The van der Waals surface area contributed by atoms with Crippen LogP contribution in [0.5, 0.6) is 5.75 Å². The standard InChI is InChI=1S/C20H19ClN2O3S/c1-9-3-6-12-14(7-9)27-20-15(12)17(24)16(19(26)23-20)18(25)22-13-8-11(21)5-4-10(13)2/h4-5,8-9H,3,6-7H2,1-2H3,(H,22,25)(H2,23,24,26)/t9-/m0/s1. The average molecular weight is 403 g/mol. The highest BCUT2D eigenvalue weighted by Gasteiger charge is 2.27. The lowest BCUT2D eigenvalue weighted by Gasteiger charge is -2.18. The second-order valence-electron chi connectivity index (χ2n) is 7.15. The molecule has 1 aliphatic carbocycles.